The van der Waals surface area contributed by atoms with Gasteiger partial charge >= 0.3 is 0 Å². The Morgan fingerprint density at radius 3 is 2.46 bits per heavy atom. The van der Waals surface area contributed by atoms with Gasteiger partial charge in [0.1, 0.15) is 5.82 Å². The van der Waals surface area contributed by atoms with Gasteiger partial charge in [0.2, 0.25) is 11.8 Å². The lowest BCUT2D eigenvalue weighted by molar-refractivity contribution is -0.132. The van der Waals surface area contributed by atoms with Crippen LogP contribution < -0.4 is 10.6 Å². The number of hydrogen-bond acceptors (Lipinski definition) is 3. The van der Waals surface area contributed by atoms with Crippen LogP contribution in [0.15, 0.2) is 22.7 Å². The zero-order valence-corrected chi connectivity index (χ0v) is 16.1. The average Bonchev–Trinajstić information content (AvgIpc) is 2.64. The molecule has 142 valence electrons. The molecule has 2 N–H and O–H groups in total. The molecule has 1 fully saturated rings. The molecular formula is C18H23BrFN3O3. The number of likely N-dealkylation sites (tertiary alicyclic amines) is 1. The van der Waals surface area contributed by atoms with E-state index in [9.17, 15) is 18.8 Å². The van der Waals surface area contributed by atoms with E-state index in [1.54, 1.807) is 0 Å². The molecular weight excluding hydrogens is 405 g/mol. The summed E-state index contributed by atoms with van der Waals surface area (Å²) in [5.41, 5.74) is 0.178. The number of carbonyl (C=O) groups is 3. The lowest BCUT2D eigenvalue weighted by Crippen LogP contribution is -2.38. The molecule has 1 aliphatic rings. The minimum Gasteiger partial charge on any atom is -0.356 e. The molecule has 8 heteroatoms. The number of halogens is 2. The van der Waals surface area contributed by atoms with Crippen LogP contribution in [0, 0.1) is 5.82 Å². The quantitative estimate of drug-likeness (QED) is 0.699. The highest BCUT2D eigenvalue weighted by Gasteiger charge is 2.16. The van der Waals surface area contributed by atoms with E-state index in [-0.39, 0.29) is 43.3 Å². The largest absolute Gasteiger partial charge is 0.356 e. The van der Waals surface area contributed by atoms with Gasteiger partial charge in [0.15, 0.2) is 0 Å². The molecule has 6 nitrogen and oxygen atoms in total. The van der Waals surface area contributed by atoms with Crippen molar-refractivity contribution in [2.45, 2.75) is 32.1 Å². The van der Waals surface area contributed by atoms with Crippen molar-refractivity contribution in [1.29, 1.82) is 0 Å². The number of carbonyl (C=O) groups excluding carboxylic acids is 3. The fourth-order valence-corrected chi connectivity index (χ4v) is 3.18. The maximum atomic E-state index is 13.2. The van der Waals surface area contributed by atoms with Crippen molar-refractivity contribution in [1.82, 2.24) is 15.5 Å². The molecule has 0 atom stereocenters. The van der Waals surface area contributed by atoms with Crippen molar-refractivity contribution in [2.75, 3.05) is 26.2 Å². The third-order valence-corrected chi connectivity index (χ3v) is 4.87. The van der Waals surface area contributed by atoms with Crippen molar-refractivity contribution in [2.24, 2.45) is 0 Å². The maximum Gasteiger partial charge on any atom is 0.252 e. The average molecular weight is 428 g/mol. The van der Waals surface area contributed by atoms with Crippen LogP contribution >= 0.6 is 15.9 Å². The van der Waals surface area contributed by atoms with Crippen LogP contribution in [0.3, 0.4) is 0 Å². The van der Waals surface area contributed by atoms with Gasteiger partial charge in [-0.1, -0.05) is 0 Å². The first kappa shape index (κ1) is 20.4. The van der Waals surface area contributed by atoms with Crippen LogP contribution in [0.5, 0.6) is 0 Å². The first-order valence-electron chi connectivity index (χ1n) is 8.75. The summed E-state index contributed by atoms with van der Waals surface area (Å²) < 4.78 is 13.7. The van der Waals surface area contributed by atoms with Gasteiger partial charge in [0, 0.05) is 43.5 Å². The summed E-state index contributed by atoms with van der Waals surface area (Å²) in [6.07, 6.45) is 3.63. The van der Waals surface area contributed by atoms with Crippen LogP contribution in [0.1, 0.15) is 42.5 Å². The third kappa shape index (κ3) is 6.40. The maximum absolute atomic E-state index is 13.2. The van der Waals surface area contributed by atoms with Crippen LogP contribution in [-0.4, -0.2) is 48.8 Å². The minimum absolute atomic E-state index is 0.0641. The van der Waals surface area contributed by atoms with Crippen LogP contribution in [0.25, 0.3) is 0 Å². The summed E-state index contributed by atoms with van der Waals surface area (Å²) in [5.74, 6) is -1.14. The number of piperidine rings is 1. The third-order valence-electron chi connectivity index (χ3n) is 4.18. The second kappa shape index (κ2) is 10.3. The summed E-state index contributed by atoms with van der Waals surface area (Å²) in [7, 11) is 0. The Balaban J connectivity index is 1.63. The van der Waals surface area contributed by atoms with E-state index in [2.05, 4.69) is 26.6 Å². The van der Waals surface area contributed by atoms with E-state index in [0.29, 0.717) is 4.47 Å². The predicted octanol–water partition coefficient (Wildman–Crippen LogP) is 2.23. The van der Waals surface area contributed by atoms with Crippen molar-refractivity contribution < 1.29 is 18.8 Å². The van der Waals surface area contributed by atoms with Crippen LogP contribution in [0.2, 0.25) is 0 Å². The van der Waals surface area contributed by atoms with Gasteiger partial charge < -0.3 is 15.5 Å². The zero-order valence-electron chi connectivity index (χ0n) is 14.5. The monoisotopic (exact) mass is 427 g/mol. The number of rotatable bonds is 7. The van der Waals surface area contributed by atoms with Gasteiger partial charge in [-0.15, -0.1) is 0 Å². The van der Waals surface area contributed by atoms with Crippen molar-refractivity contribution in [3.63, 3.8) is 0 Å². The topological polar surface area (TPSA) is 78.5 Å². The lowest BCUT2D eigenvalue weighted by Gasteiger charge is -2.26. The highest BCUT2D eigenvalue weighted by Crippen LogP contribution is 2.17. The van der Waals surface area contributed by atoms with Crippen LogP contribution in [-0.2, 0) is 9.59 Å². The van der Waals surface area contributed by atoms with Gasteiger partial charge in [-0.05, 0) is 53.4 Å². The first-order chi connectivity index (χ1) is 12.5. The van der Waals surface area contributed by atoms with Crippen molar-refractivity contribution in [3.05, 3.63) is 34.1 Å². The first-order valence-corrected chi connectivity index (χ1v) is 9.54. The second-order valence-corrected chi connectivity index (χ2v) is 7.03. The fraction of sp³-hybridized carbons (Fsp3) is 0.500. The summed E-state index contributed by atoms with van der Waals surface area (Å²) in [4.78, 5) is 37.6. The zero-order chi connectivity index (χ0) is 18.9. The number of hydrogen-bond donors (Lipinski definition) is 2. The van der Waals surface area contributed by atoms with Crippen molar-refractivity contribution in [3.8, 4) is 0 Å². The van der Waals surface area contributed by atoms with E-state index in [0.717, 1.165) is 32.0 Å². The molecule has 1 aliphatic heterocycles. The number of nitrogens with zero attached hydrogens (tertiary/aromatic N) is 1. The van der Waals surface area contributed by atoms with E-state index in [1.165, 1.54) is 18.6 Å². The molecule has 0 radical (unpaired) electrons. The molecule has 1 aromatic rings. The molecule has 0 saturated carbocycles. The predicted molar refractivity (Wildman–Crippen MR) is 99.1 cm³/mol. The Hall–Kier alpha value is -1.96. The van der Waals surface area contributed by atoms with E-state index < -0.39 is 11.7 Å². The summed E-state index contributed by atoms with van der Waals surface area (Å²) >= 11 is 3.19. The molecule has 2 rings (SSSR count). The highest BCUT2D eigenvalue weighted by atomic mass is 79.9. The molecule has 3 amide bonds. The SMILES string of the molecule is O=C(CCNC(=O)c1cc(F)ccc1Br)NCCC(=O)N1CCCCC1. The molecule has 0 bridgehead atoms. The Bertz CT molecular complexity index is 663. The minimum atomic E-state index is -0.505. The van der Waals surface area contributed by atoms with Gasteiger partial charge in [-0.3, -0.25) is 14.4 Å². The molecule has 1 heterocycles. The normalized spacial score (nSPS) is 14.0. The van der Waals surface area contributed by atoms with Crippen molar-refractivity contribution >= 4 is 33.7 Å². The molecule has 26 heavy (non-hydrogen) atoms. The van der Waals surface area contributed by atoms with Gasteiger partial charge in [0.25, 0.3) is 5.91 Å². The van der Waals surface area contributed by atoms with Gasteiger partial charge in [0.05, 0.1) is 5.56 Å². The summed E-state index contributed by atoms with van der Waals surface area (Å²) in [5, 5.41) is 5.26. The Kier molecular flexibility index (Phi) is 8.03. The second-order valence-electron chi connectivity index (χ2n) is 6.17. The van der Waals surface area contributed by atoms with E-state index >= 15 is 0 Å². The van der Waals surface area contributed by atoms with Crippen LogP contribution in [0.4, 0.5) is 4.39 Å². The Morgan fingerprint density at radius 1 is 1.04 bits per heavy atom. The van der Waals surface area contributed by atoms with Gasteiger partial charge in [-0.25, -0.2) is 4.39 Å². The molecule has 1 saturated heterocycles. The Morgan fingerprint density at radius 2 is 1.73 bits per heavy atom. The van der Waals surface area contributed by atoms with Gasteiger partial charge in [-0.2, -0.15) is 0 Å². The highest BCUT2D eigenvalue weighted by molar-refractivity contribution is 9.10. The lowest BCUT2D eigenvalue weighted by atomic mass is 10.1. The summed E-state index contributed by atoms with van der Waals surface area (Å²) in [6, 6.07) is 3.83. The van der Waals surface area contributed by atoms with E-state index in [1.807, 2.05) is 4.90 Å². The molecule has 1 aromatic carbocycles. The number of nitrogens with one attached hydrogen (secondary N) is 2. The number of benzene rings is 1. The van der Waals surface area contributed by atoms with E-state index in [4.69, 9.17) is 0 Å². The fourth-order valence-electron chi connectivity index (χ4n) is 2.75. The molecule has 0 aliphatic carbocycles. The standard InChI is InChI=1S/C18H23BrFN3O3/c19-15-5-4-13(20)12-14(15)18(26)22-8-6-16(24)21-9-7-17(25)23-10-2-1-3-11-23/h4-5,12H,1-3,6-11H2,(H,21,24)(H,22,26). The molecule has 0 aromatic heterocycles. The summed E-state index contributed by atoms with van der Waals surface area (Å²) in [6.45, 7) is 2.02. The molecule has 0 unspecified atom stereocenters. The molecule has 0 spiro atoms. The smallest absolute Gasteiger partial charge is 0.252 e. The number of amides is 3. The Labute approximate surface area is 160 Å².